The Balaban J connectivity index is 2.45. The molecule has 0 fully saturated rings. The number of rotatable bonds is 6. The van der Waals surface area contributed by atoms with Crippen molar-refractivity contribution < 1.29 is 14.2 Å². The first-order valence-corrected chi connectivity index (χ1v) is 5.42. The molecule has 1 unspecified atom stereocenters. The molecule has 0 spiro atoms. The van der Waals surface area contributed by atoms with Gasteiger partial charge in [-0.25, -0.2) is 4.39 Å². The molecule has 0 bridgehead atoms. The molecule has 0 heterocycles. The quantitative estimate of drug-likeness (QED) is 0.781. The number of benzene rings is 1. The van der Waals surface area contributed by atoms with E-state index in [0.29, 0.717) is 25.3 Å². The van der Waals surface area contributed by atoms with Crippen LogP contribution in [-0.2, 0) is 11.3 Å². The van der Waals surface area contributed by atoms with Gasteiger partial charge in [0, 0.05) is 24.8 Å². The van der Waals surface area contributed by atoms with Gasteiger partial charge in [-0.05, 0) is 19.9 Å². The number of ether oxygens (including phenoxy) is 1. The van der Waals surface area contributed by atoms with Crippen LogP contribution >= 0.6 is 0 Å². The summed E-state index contributed by atoms with van der Waals surface area (Å²) in [5.74, 6) is -0.865. The Bertz CT molecular complexity index is 331. The Morgan fingerprint density at radius 3 is 2.94 bits per heavy atom. The highest BCUT2D eigenvalue weighted by Gasteiger charge is 2.07. The van der Waals surface area contributed by atoms with Crippen molar-refractivity contribution in [2.24, 2.45) is 0 Å². The van der Waals surface area contributed by atoms with Gasteiger partial charge in [-0.2, -0.15) is 0 Å². The first-order valence-electron chi connectivity index (χ1n) is 5.42. The zero-order valence-corrected chi connectivity index (χ0v) is 9.66. The average Bonchev–Trinajstić information content (AvgIpc) is 2.28. The van der Waals surface area contributed by atoms with Crippen LogP contribution in [0.4, 0.5) is 4.39 Å². The second-order valence-electron chi connectivity index (χ2n) is 3.69. The van der Waals surface area contributed by atoms with Gasteiger partial charge >= 0.3 is 0 Å². The molecule has 1 atom stereocenters. The summed E-state index contributed by atoms with van der Waals surface area (Å²) < 4.78 is 18.2. The number of aromatic hydroxyl groups is 1. The van der Waals surface area contributed by atoms with Crippen LogP contribution in [0.1, 0.15) is 19.4 Å². The number of hydrogen-bond acceptors (Lipinski definition) is 3. The molecule has 0 saturated heterocycles. The zero-order valence-electron chi connectivity index (χ0n) is 9.66. The van der Waals surface area contributed by atoms with E-state index in [2.05, 4.69) is 5.32 Å². The van der Waals surface area contributed by atoms with E-state index in [1.807, 2.05) is 13.8 Å². The standard InChI is InChI=1S/C12H18FNO2/c1-3-16-8-9(2)14-7-10-5-4-6-11(13)12(10)15/h4-6,9,14-15H,3,7-8H2,1-2H3. The number of phenolic OH excluding ortho intramolecular Hbond substituents is 1. The van der Waals surface area contributed by atoms with E-state index >= 15 is 0 Å². The van der Waals surface area contributed by atoms with E-state index < -0.39 is 5.82 Å². The van der Waals surface area contributed by atoms with Gasteiger partial charge in [0.15, 0.2) is 11.6 Å². The van der Waals surface area contributed by atoms with Crippen LogP contribution in [0, 0.1) is 5.82 Å². The monoisotopic (exact) mass is 227 g/mol. The molecular weight excluding hydrogens is 209 g/mol. The predicted molar refractivity (Wildman–Crippen MR) is 60.9 cm³/mol. The Morgan fingerprint density at radius 1 is 1.50 bits per heavy atom. The fourth-order valence-electron chi connectivity index (χ4n) is 1.34. The Labute approximate surface area is 95.2 Å². The third kappa shape index (κ3) is 3.79. The maximum absolute atomic E-state index is 13.0. The largest absolute Gasteiger partial charge is 0.505 e. The zero-order chi connectivity index (χ0) is 12.0. The summed E-state index contributed by atoms with van der Waals surface area (Å²) in [5.41, 5.74) is 0.559. The number of halogens is 1. The molecule has 1 aromatic rings. The first-order chi connectivity index (χ1) is 7.65. The minimum absolute atomic E-state index is 0.169. The fourth-order valence-corrected chi connectivity index (χ4v) is 1.34. The summed E-state index contributed by atoms with van der Waals surface area (Å²) in [5, 5.41) is 12.6. The molecule has 0 aliphatic heterocycles. The lowest BCUT2D eigenvalue weighted by molar-refractivity contribution is 0.127. The summed E-state index contributed by atoms with van der Waals surface area (Å²) in [4.78, 5) is 0. The minimum Gasteiger partial charge on any atom is -0.505 e. The molecule has 0 saturated carbocycles. The van der Waals surface area contributed by atoms with E-state index in [1.165, 1.54) is 6.07 Å². The molecule has 16 heavy (non-hydrogen) atoms. The molecular formula is C12H18FNO2. The van der Waals surface area contributed by atoms with Crippen molar-refractivity contribution >= 4 is 0 Å². The lowest BCUT2D eigenvalue weighted by Crippen LogP contribution is -2.30. The van der Waals surface area contributed by atoms with Crippen molar-refractivity contribution in [3.05, 3.63) is 29.6 Å². The maximum Gasteiger partial charge on any atom is 0.165 e. The highest BCUT2D eigenvalue weighted by molar-refractivity contribution is 5.33. The molecule has 0 aliphatic carbocycles. The van der Waals surface area contributed by atoms with Gasteiger partial charge in [-0.3, -0.25) is 0 Å². The number of hydrogen-bond donors (Lipinski definition) is 2. The first kappa shape index (κ1) is 12.9. The summed E-state index contributed by atoms with van der Waals surface area (Å²) >= 11 is 0. The van der Waals surface area contributed by atoms with Crippen molar-refractivity contribution in [3.63, 3.8) is 0 Å². The van der Waals surface area contributed by atoms with Gasteiger partial charge < -0.3 is 15.2 Å². The Kier molecular flexibility index (Phi) is 5.22. The molecule has 3 nitrogen and oxygen atoms in total. The second-order valence-corrected chi connectivity index (χ2v) is 3.69. The maximum atomic E-state index is 13.0. The second kappa shape index (κ2) is 6.45. The van der Waals surface area contributed by atoms with Crippen LogP contribution in [0.3, 0.4) is 0 Å². The van der Waals surface area contributed by atoms with Crippen LogP contribution in [0.25, 0.3) is 0 Å². The van der Waals surface area contributed by atoms with Crippen LogP contribution in [0.15, 0.2) is 18.2 Å². The Morgan fingerprint density at radius 2 is 2.25 bits per heavy atom. The number of phenols is 1. The van der Waals surface area contributed by atoms with Crippen molar-refractivity contribution in [2.45, 2.75) is 26.4 Å². The predicted octanol–water partition coefficient (Wildman–Crippen LogP) is 2.05. The third-order valence-corrected chi connectivity index (χ3v) is 2.28. The van der Waals surface area contributed by atoms with Crippen molar-refractivity contribution in [3.8, 4) is 5.75 Å². The van der Waals surface area contributed by atoms with Crippen LogP contribution in [0.2, 0.25) is 0 Å². The van der Waals surface area contributed by atoms with Crippen LogP contribution < -0.4 is 5.32 Å². The van der Waals surface area contributed by atoms with Gasteiger partial charge in [-0.15, -0.1) is 0 Å². The molecule has 0 aliphatic rings. The van der Waals surface area contributed by atoms with E-state index in [1.54, 1.807) is 12.1 Å². The number of para-hydroxylation sites is 1. The van der Waals surface area contributed by atoms with Gasteiger partial charge in [0.2, 0.25) is 0 Å². The van der Waals surface area contributed by atoms with Crippen molar-refractivity contribution in [2.75, 3.05) is 13.2 Å². The molecule has 1 aromatic carbocycles. The van der Waals surface area contributed by atoms with Gasteiger partial charge in [0.1, 0.15) is 0 Å². The topological polar surface area (TPSA) is 41.5 Å². The average molecular weight is 227 g/mol. The highest BCUT2D eigenvalue weighted by atomic mass is 19.1. The van der Waals surface area contributed by atoms with Crippen molar-refractivity contribution in [1.82, 2.24) is 5.32 Å². The highest BCUT2D eigenvalue weighted by Crippen LogP contribution is 2.20. The van der Waals surface area contributed by atoms with Gasteiger partial charge in [0.25, 0.3) is 0 Å². The number of nitrogens with one attached hydrogen (secondary N) is 1. The molecule has 0 radical (unpaired) electrons. The summed E-state index contributed by atoms with van der Waals surface area (Å²) in [6.07, 6.45) is 0. The smallest absolute Gasteiger partial charge is 0.165 e. The molecule has 0 aromatic heterocycles. The third-order valence-electron chi connectivity index (χ3n) is 2.28. The lowest BCUT2D eigenvalue weighted by Gasteiger charge is -2.14. The summed E-state index contributed by atoms with van der Waals surface area (Å²) in [6.45, 7) is 5.62. The van der Waals surface area contributed by atoms with E-state index in [9.17, 15) is 9.50 Å². The SMILES string of the molecule is CCOCC(C)NCc1cccc(F)c1O. The fraction of sp³-hybridized carbons (Fsp3) is 0.500. The normalized spacial score (nSPS) is 12.7. The summed E-state index contributed by atoms with van der Waals surface area (Å²) in [7, 11) is 0. The van der Waals surface area contributed by atoms with E-state index in [4.69, 9.17) is 4.74 Å². The van der Waals surface area contributed by atoms with E-state index in [0.717, 1.165) is 0 Å². The Hall–Kier alpha value is -1.13. The van der Waals surface area contributed by atoms with E-state index in [-0.39, 0.29) is 11.8 Å². The van der Waals surface area contributed by atoms with Gasteiger partial charge in [-0.1, -0.05) is 12.1 Å². The van der Waals surface area contributed by atoms with Crippen molar-refractivity contribution in [1.29, 1.82) is 0 Å². The minimum atomic E-state index is -0.586. The summed E-state index contributed by atoms with van der Waals surface area (Å²) in [6, 6.07) is 4.68. The van der Waals surface area contributed by atoms with Gasteiger partial charge in [0.05, 0.1) is 6.61 Å². The molecule has 1 rings (SSSR count). The molecule has 90 valence electrons. The van der Waals surface area contributed by atoms with Crippen LogP contribution in [0.5, 0.6) is 5.75 Å². The van der Waals surface area contributed by atoms with Crippen LogP contribution in [-0.4, -0.2) is 24.4 Å². The molecule has 2 N–H and O–H groups in total. The molecule has 4 heteroatoms. The lowest BCUT2D eigenvalue weighted by atomic mass is 10.2. The molecule has 0 amide bonds.